The number of hydrogen-bond acceptors (Lipinski definition) is 3. The molecule has 1 aliphatic rings. The predicted octanol–water partition coefficient (Wildman–Crippen LogP) is 0.432. The highest BCUT2D eigenvalue weighted by molar-refractivity contribution is 6.69. The average molecular weight is 188 g/mol. The third-order valence-corrected chi connectivity index (χ3v) is 2.00. The Morgan fingerprint density at radius 1 is 1.14 bits per heavy atom. The first-order valence-corrected chi connectivity index (χ1v) is 4.16. The van der Waals surface area contributed by atoms with E-state index in [-0.39, 0.29) is 5.71 Å². The van der Waals surface area contributed by atoms with Gasteiger partial charge in [-0.2, -0.15) is 5.10 Å². The van der Waals surface area contributed by atoms with Gasteiger partial charge in [-0.25, -0.2) is 5.01 Å². The van der Waals surface area contributed by atoms with Gasteiger partial charge in [0.25, 0.3) is 5.78 Å². The van der Waals surface area contributed by atoms with Crippen LogP contribution in [0.15, 0.2) is 35.4 Å². The maximum atomic E-state index is 11.4. The lowest BCUT2D eigenvalue weighted by Crippen LogP contribution is -2.24. The zero-order chi connectivity index (χ0) is 10.1. The van der Waals surface area contributed by atoms with Crippen molar-refractivity contribution < 1.29 is 9.59 Å². The molecule has 0 saturated heterocycles. The molecule has 1 aromatic rings. The van der Waals surface area contributed by atoms with E-state index in [0.717, 1.165) is 5.01 Å². The van der Waals surface area contributed by atoms with E-state index >= 15 is 0 Å². The number of likely N-dealkylation sites (N-methyl/N-ethyl adjacent to an activating group) is 1. The van der Waals surface area contributed by atoms with Crippen molar-refractivity contribution in [3.8, 4) is 0 Å². The lowest BCUT2D eigenvalue weighted by molar-refractivity contribution is -0.138. The molecule has 4 heteroatoms. The first kappa shape index (κ1) is 8.62. The van der Waals surface area contributed by atoms with Crippen molar-refractivity contribution in [1.82, 2.24) is 5.01 Å². The highest BCUT2D eigenvalue weighted by Crippen LogP contribution is 2.10. The van der Waals surface area contributed by atoms with Gasteiger partial charge >= 0.3 is 5.91 Å². The minimum atomic E-state index is -0.580. The van der Waals surface area contributed by atoms with Crippen LogP contribution in [0, 0.1) is 0 Å². The predicted molar refractivity (Wildman–Crippen MR) is 50.8 cm³/mol. The smallest absolute Gasteiger partial charge is 0.281 e. The Morgan fingerprint density at radius 3 is 2.29 bits per heavy atom. The monoisotopic (exact) mass is 188 g/mol. The van der Waals surface area contributed by atoms with Crippen molar-refractivity contribution >= 4 is 17.4 Å². The average Bonchev–Trinajstić information content (AvgIpc) is 2.47. The number of amides is 1. The summed E-state index contributed by atoms with van der Waals surface area (Å²) in [7, 11) is 1.47. The summed E-state index contributed by atoms with van der Waals surface area (Å²) in [6.45, 7) is 0. The van der Waals surface area contributed by atoms with Crippen LogP contribution in [0.2, 0.25) is 0 Å². The number of hydrazone groups is 1. The van der Waals surface area contributed by atoms with Crippen LogP contribution in [0.3, 0.4) is 0 Å². The fourth-order valence-corrected chi connectivity index (χ4v) is 1.27. The number of nitrogens with zero attached hydrogens (tertiary/aromatic N) is 2. The summed E-state index contributed by atoms with van der Waals surface area (Å²) in [6, 6.07) is 8.95. The minimum absolute atomic E-state index is 0.220. The van der Waals surface area contributed by atoms with E-state index in [9.17, 15) is 9.59 Å². The summed E-state index contributed by atoms with van der Waals surface area (Å²) < 4.78 is 0. The van der Waals surface area contributed by atoms with Crippen LogP contribution in [-0.4, -0.2) is 29.5 Å². The molecule has 0 aliphatic carbocycles. The standard InChI is InChI=1S/C10H8N2O2/c1-12-10(14)9(13)8(11-12)7-5-3-2-4-6-7/h2-6H,1H3. The van der Waals surface area contributed by atoms with Gasteiger partial charge in [0.05, 0.1) is 0 Å². The van der Waals surface area contributed by atoms with Crippen molar-refractivity contribution in [3.05, 3.63) is 35.9 Å². The second-order valence-corrected chi connectivity index (χ2v) is 2.97. The second-order valence-electron chi connectivity index (χ2n) is 2.97. The number of rotatable bonds is 1. The highest BCUT2D eigenvalue weighted by atomic mass is 16.2. The van der Waals surface area contributed by atoms with Gasteiger partial charge in [0.2, 0.25) is 0 Å². The Kier molecular flexibility index (Phi) is 1.89. The topological polar surface area (TPSA) is 49.7 Å². The van der Waals surface area contributed by atoms with Gasteiger partial charge in [-0.05, 0) is 0 Å². The van der Waals surface area contributed by atoms with Crippen molar-refractivity contribution in [2.24, 2.45) is 5.10 Å². The summed E-state index contributed by atoms with van der Waals surface area (Å²) in [6.07, 6.45) is 0. The maximum Gasteiger partial charge on any atom is 0.316 e. The first-order chi connectivity index (χ1) is 6.70. The molecule has 2 rings (SSSR count). The Labute approximate surface area is 80.8 Å². The van der Waals surface area contributed by atoms with E-state index in [4.69, 9.17) is 0 Å². The molecule has 1 aromatic carbocycles. The molecule has 1 amide bonds. The zero-order valence-electron chi connectivity index (χ0n) is 7.60. The third-order valence-electron chi connectivity index (χ3n) is 2.00. The van der Waals surface area contributed by atoms with Crippen LogP contribution in [0.25, 0.3) is 0 Å². The maximum absolute atomic E-state index is 11.4. The lowest BCUT2D eigenvalue weighted by Gasteiger charge is -1.97. The number of benzene rings is 1. The van der Waals surface area contributed by atoms with E-state index in [1.807, 2.05) is 6.07 Å². The first-order valence-electron chi connectivity index (χ1n) is 4.16. The van der Waals surface area contributed by atoms with Crippen molar-refractivity contribution in [1.29, 1.82) is 0 Å². The van der Waals surface area contributed by atoms with Crippen LogP contribution >= 0.6 is 0 Å². The molecule has 14 heavy (non-hydrogen) atoms. The van der Waals surface area contributed by atoms with Gasteiger partial charge in [0, 0.05) is 12.6 Å². The molecule has 0 atom stereocenters. The summed E-state index contributed by atoms with van der Waals surface area (Å²) in [4.78, 5) is 22.5. The molecule has 0 radical (unpaired) electrons. The summed E-state index contributed by atoms with van der Waals surface area (Å²) in [5.74, 6) is -1.12. The Hall–Kier alpha value is -1.97. The summed E-state index contributed by atoms with van der Waals surface area (Å²) >= 11 is 0. The van der Waals surface area contributed by atoms with Gasteiger partial charge in [-0.1, -0.05) is 30.3 Å². The molecule has 0 aromatic heterocycles. The molecule has 0 fully saturated rings. The Morgan fingerprint density at radius 2 is 1.79 bits per heavy atom. The molecule has 0 bridgehead atoms. The Balaban J connectivity index is 2.43. The molecule has 0 unspecified atom stereocenters. The summed E-state index contributed by atoms with van der Waals surface area (Å²) in [5, 5.41) is 4.93. The minimum Gasteiger partial charge on any atom is -0.281 e. The number of ketones is 1. The zero-order valence-corrected chi connectivity index (χ0v) is 7.60. The molecule has 1 heterocycles. The molecule has 0 N–H and O–H groups in total. The summed E-state index contributed by atoms with van der Waals surface area (Å²) in [5.41, 5.74) is 0.897. The number of Topliss-reactive ketones (excluding diaryl/α,β-unsaturated/α-hetero) is 1. The molecular weight excluding hydrogens is 180 g/mol. The van der Waals surface area contributed by atoms with Crippen LogP contribution in [0.1, 0.15) is 5.56 Å². The van der Waals surface area contributed by atoms with E-state index in [2.05, 4.69) is 5.10 Å². The van der Waals surface area contributed by atoms with Crippen LogP contribution < -0.4 is 0 Å². The van der Waals surface area contributed by atoms with Crippen LogP contribution in [-0.2, 0) is 9.59 Å². The normalized spacial score (nSPS) is 16.1. The van der Waals surface area contributed by atoms with Gasteiger partial charge < -0.3 is 0 Å². The van der Waals surface area contributed by atoms with Crippen molar-refractivity contribution in [3.63, 3.8) is 0 Å². The van der Waals surface area contributed by atoms with Crippen LogP contribution in [0.4, 0.5) is 0 Å². The van der Waals surface area contributed by atoms with Gasteiger partial charge in [-0.15, -0.1) is 0 Å². The number of carbonyl (C=O) groups is 2. The third kappa shape index (κ3) is 1.21. The lowest BCUT2D eigenvalue weighted by atomic mass is 10.1. The molecule has 0 saturated carbocycles. The molecule has 1 aliphatic heterocycles. The molecule has 4 nitrogen and oxygen atoms in total. The Bertz CT molecular complexity index is 423. The number of carbonyl (C=O) groups excluding carboxylic acids is 2. The molecule has 0 spiro atoms. The largest absolute Gasteiger partial charge is 0.316 e. The van der Waals surface area contributed by atoms with Crippen LogP contribution in [0.5, 0.6) is 0 Å². The SMILES string of the molecule is CN1N=C(c2ccccc2)C(=O)C1=O. The second kappa shape index (κ2) is 3.06. The number of hydrogen-bond donors (Lipinski definition) is 0. The molecule has 70 valence electrons. The van der Waals surface area contributed by atoms with Gasteiger partial charge in [0.1, 0.15) is 5.71 Å². The van der Waals surface area contributed by atoms with Crippen molar-refractivity contribution in [2.75, 3.05) is 7.05 Å². The van der Waals surface area contributed by atoms with E-state index in [1.165, 1.54) is 7.05 Å². The van der Waals surface area contributed by atoms with Gasteiger partial charge in [0.15, 0.2) is 0 Å². The van der Waals surface area contributed by atoms with E-state index < -0.39 is 11.7 Å². The van der Waals surface area contributed by atoms with Gasteiger partial charge in [-0.3, -0.25) is 9.59 Å². The van der Waals surface area contributed by atoms with E-state index in [1.54, 1.807) is 24.3 Å². The highest BCUT2D eigenvalue weighted by Gasteiger charge is 2.31. The van der Waals surface area contributed by atoms with Crippen molar-refractivity contribution in [2.45, 2.75) is 0 Å². The quantitative estimate of drug-likeness (QED) is 0.600. The fraction of sp³-hybridized carbons (Fsp3) is 0.100. The molecular formula is C10H8N2O2. The van der Waals surface area contributed by atoms with E-state index in [0.29, 0.717) is 5.56 Å². The fourth-order valence-electron chi connectivity index (χ4n) is 1.27.